The number of carbonyl (C=O) groups is 1. The molecule has 1 fully saturated rings. The minimum absolute atomic E-state index is 0.138. The molecule has 1 amide bonds. The number of nitrogens with one attached hydrogen (secondary N) is 1. The molecule has 1 heterocycles. The fourth-order valence-electron chi connectivity index (χ4n) is 0.782. The van der Waals surface area contributed by atoms with Gasteiger partial charge in [-0.3, -0.25) is 10.1 Å². The van der Waals surface area contributed by atoms with E-state index >= 15 is 0 Å². The highest BCUT2D eigenvalue weighted by Crippen LogP contribution is 2.01. The van der Waals surface area contributed by atoms with Gasteiger partial charge in [-0.1, -0.05) is 0 Å². The largest absolute Gasteiger partial charge is 0.368 e. The lowest BCUT2D eigenvalue weighted by molar-refractivity contribution is -0.119. The molecule has 0 aromatic rings. The van der Waals surface area contributed by atoms with Gasteiger partial charge in [0.25, 0.3) is 0 Å². The van der Waals surface area contributed by atoms with E-state index in [1.807, 2.05) is 0 Å². The zero-order valence-corrected chi connectivity index (χ0v) is 6.02. The van der Waals surface area contributed by atoms with Crippen molar-refractivity contribution in [2.24, 2.45) is 5.73 Å². The van der Waals surface area contributed by atoms with Crippen LogP contribution in [0.1, 0.15) is 0 Å². The number of sulfone groups is 1. The summed E-state index contributed by atoms with van der Waals surface area (Å²) in [5.74, 6) is -0.913. The van der Waals surface area contributed by atoms with E-state index in [9.17, 15) is 13.2 Å². The van der Waals surface area contributed by atoms with Crippen molar-refractivity contribution in [3.05, 3.63) is 0 Å². The quantitative estimate of drug-likeness (QED) is 0.461. The highest BCUT2D eigenvalue weighted by Gasteiger charge is 2.30. The smallest absolute Gasteiger partial charge is 0.235 e. The SMILES string of the molecule is NC(=O)[C@@H]1CS(=O)(=O)CN1. The maximum absolute atomic E-state index is 10.7. The Bertz CT molecular complexity index is 245. The second kappa shape index (κ2) is 2.21. The lowest BCUT2D eigenvalue weighted by Gasteiger charge is -1.99. The van der Waals surface area contributed by atoms with Crippen molar-refractivity contribution in [3.8, 4) is 0 Å². The number of amides is 1. The van der Waals surface area contributed by atoms with Crippen molar-refractivity contribution in [1.29, 1.82) is 0 Å². The zero-order valence-electron chi connectivity index (χ0n) is 5.20. The van der Waals surface area contributed by atoms with Crippen LogP contribution in [0.15, 0.2) is 0 Å². The fourth-order valence-corrected chi connectivity index (χ4v) is 2.15. The molecule has 0 spiro atoms. The van der Waals surface area contributed by atoms with Gasteiger partial charge in [0.15, 0.2) is 9.84 Å². The van der Waals surface area contributed by atoms with Crippen molar-refractivity contribution in [3.63, 3.8) is 0 Å². The van der Waals surface area contributed by atoms with Crippen LogP contribution in [0, 0.1) is 0 Å². The van der Waals surface area contributed by atoms with E-state index in [1.54, 1.807) is 0 Å². The molecule has 0 aromatic carbocycles. The molecule has 1 saturated heterocycles. The molecule has 0 unspecified atom stereocenters. The van der Waals surface area contributed by atoms with Crippen molar-refractivity contribution >= 4 is 15.7 Å². The van der Waals surface area contributed by atoms with E-state index in [2.05, 4.69) is 5.32 Å². The maximum atomic E-state index is 10.7. The number of nitrogens with two attached hydrogens (primary N) is 1. The summed E-state index contributed by atoms with van der Waals surface area (Å²) in [7, 11) is -3.05. The Hall–Kier alpha value is -0.620. The van der Waals surface area contributed by atoms with Crippen LogP contribution in [0.5, 0.6) is 0 Å². The average Bonchev–Trinajstić information content (AvgIpc) is 2.10. The molecule has 6 heteroatoms. The lowest BCUT2D eigenvalue weighted by atomic mass is 10.3. The molecule has 0 bridgehead atoms. The Morgan fingerprint density at radius 3 is 2.40 bits per heavy atom. The summed E-state index contributed by atoms with van der Waals surface area (Å²) in [6, 6.07) is -0.690. The molecule has 10 heavy (non-hydrogen) atoms. The van der Waals surface area contributed by atoms with Crippen molar-refractivity contribution in [2.45, 2.75) is 6.04 Å². The summed E-state index contributed by atoms with van der Waals surface area (Å²) >= 11 is 0. The molecular formula is C4H8N2O3S. The van der Waals surface area contributed by atoms with Crippen LogP contribution in [0.25, 0.3) is 0 Å². The highest BCUT2D eigenvalue weighted by atomic mass is 32.2. The molecule has 1 aliphatic rings. The van der Waals surface area contributed by atoms with Gasteiger partial charge in [-0.05, 0) is 0 Å². The number of hydrogen-bond donors (Lipinski definition) is 2. The molecule has 3 N–H and O–H groups in total. The second-order valence-corrected chi connectivity index (χ2v) is 4.32. The highest BCUT2D eigenvalue weighted by molar-refractivity contribution is 7.91. The predicted octanol–water partition coefficient (Wildman–Crippen LogP) is -2.18. The van der Waals surface area contributed by atoms with Gasteiger partial charge in [0, 0.05) is 0 Å². The first-order chi connectivity index (χ1) is 4.51. The first-order valence-corrected chi connectivity index (χ1v) is 4.56. The van der Waals surface area contributed by atoms with E-state index in [0.29, 0.717) is 0 Å². The first kappa shape index (κ1) is 7.49. The average molecular weight is 164 g/mol. The van der Waals surface area contributed by atoms with Gasteiger partial charge >= 0.3 is 0 Å². The first-order valence-electron chi connectivity index (χ1n) is 2.74. The fraction of sp³-hybridized carbons (Fsp3) is 0.750. The second-order valence-electron chi connectivity index (χ2n) is 2.21. The topological polar surface area (TPSA) is 89.3 Å². The molecule has 5 nitrogen and oxygen atoms in total. The summed E-state index contributed by atoms with van der Waals surface area (Å²) in [5, 5.41) is 2.48. The molecule has 0 aliphatic carbocycles. The summed E-state index contributed by atoms with van der Waals surface area (Å²) in [6.45, 7) is 0. The van der Waals surface area contributed by atoms with Gasteiger partial charge in [-0.2, -0.15) is 0 Å². The normalized spacial score (nSPS) is 30.2. The van der Waals surface area contributed by atoms with E-state index in [1.165, 1.54) is 0 Å². The van der Waals surface area contributed by atoms with Crippen LogP contribution in [0.4, 0.5) is 0 Å². The van der Waals surface area contributed by atoms with Crippen LogP contribution in [-0.2, 0) is 14.6 Å². The summed E-state index contributed by atoms with van der Waals surface area (Å²) in [5.41, 5.74) is 4.85. The Kier molecular flexibility index (Phi) is 1.65. The molecule has 0 radical (unpaired) electrons. The maximum Gasteiger partial charge on any atom is 0.235 e. The number of rotatable bonds is 1. The summed E-state index contributed by atoms with van der Waals surface area (Å²) in [4.78, 5) is 10.4. The summed E-state index contributed by atoms with van der Waals surface area (Å²) < 4.78 is 21.4. The van der Waals surface area contributed by atoms with Gasteiger partial charge < -0.3 is 5.73 Å². The Labute approximate surface area is 58.5 Å². The zero-order chi connectivity index (χ0) is 7.78. The minimum atomic E-state index is -3.05. The lowest BCUT2D eigenvalue weighted by Crippen LogP contribution is -2.38. The third-order valence-corrected chi connectivity index (χ3v) is 2.76. The monoisotopic (exact) mass is 164 g/mol. The van der Waals surface area contributed by atoms with Crippen molar-refractivity contribution in [1.82, 2.24) is 5.32 Å². The Morgan fingerprint density at radius 2 is 2.20 bits per heavy atom. The van der Waals surface area contributed by atoms with E-state index < -0.39 is 21.8 Å². The molecule has 1 atom stereocenters. The standard InChI is InChI=1S/C4H8N2O3S/c5-4(7)3-1-10(8,9)2-6-3/h3,6H,1-2H2,(H2,5,7)/t3-/m0/s1. The van der Waals surface area contributed by atoms with Crippen LogP contribution >= 0.6 is 0 Å². The number of hydrogen-bond acceptors (Lipinski definition) is 4. The van der Waals surface area contributed by atoms with Gasteiger partial charge in [0.05, 0.1) is 11.6 Å². The van der Waals surface area contributed by atoms with E-state index in [4.69, 9.17) is 5.73 Å². The van der Waals surface area contributed by atoms with Gasteiger partial charge in [0.1, 0.15) is 6.04 Å². The number of primary amides is 1. The molecule has 58 valence electrons. The van der Waals surface area contributed by atoms with Crippen LogP contribution in [-0.4, -0.2) is 32.0 Å². The third kappa shape index (κ3) is 1.45. The van der Waals surface area contributed by atoms with Gasteiger partial charge in [-0.25, -0.2) is 8.42 Å². The van der Waals surface area contributed by atoms with E-state index in [0.717, 1.165) is 0 Å². The van der Waals surface area contributed by atoms with Crippen molar-refractivity contribution < 1.29 is 13.2 Å². The molecule has 0 aromatic heterocycles. The predicted molar refractivity (Wildman–Crippen MR) is 34.8 cm³/mol. The third-order valence-electron chi connectivity index (χ3n) is 1.31. The van der Waals surface area contributed by atoms with Crippen LogP contribution < -0.4 is 11.1 Å². The van der Waals surface area contributed by atoms with Crippen molar-refractivity contribution in [2.75, 3.05) is 11.6 Å². The summed E-state index contributed by atoms with van der Waals surface area (Å²) in [6.07, 6.45) is 0. The van der Waals surface area contributed by atoms with Gasteiger partial charge in [0.2, 0.25) is 5.91 Å². The van der Waals surface area contributed by atoms with E-state index in [-0.39, 0.29) is 11.6 Å². The molecule has 0 saturated carbocycles. The molecule has 1 rings (SSSR count). The van der Waals surface area contributed by atoms with Crippen LogP contribution in [0.2, 0.25) is 0 Å². The molecule has 1 aliphatic heterocycles. The Morgan fingerprint density at radius 1 is 1.60 bits per heavy atom. The van der Waals surface area contributed by atoms with Crippen LogP contribution in [0.3, 0.4) is 0 Å². The minimum Gasteiger partial charge on any atom is -0.368 e. The molecular weight excluding hydrogens is 156 g/mol. The Balaban J connectivity index is 2.69. The number of carbonyl (C=O) groups excluding carboxylic acids is 1. The van der Waals surface area contributed by atoms with Gasteiger partial charge in [-0.15, -0.1) is 0 Å².